The molecule has 1 aromatic carbocycles. The number of pyridine rings is 1. The predicted octanol–water partition coefficient (Wildman–Crippen LogP) is 4.04. The van der Waals surface area contributed by atoms with Gasteiger partial charge in [0.15, 0.2) is 5.78 Å². The molecule has 0 atom stereocenters. The maximum atomic E-state index is 12.2. The average molecular weight is 291 g/mol. The van der Waals surface area contributed by atoms with Gasteiger partial charge in [-0.25, -0.2) is 0 Å². The number of carbonyl (C=O) groups is 1. The number of hydrogen-bond donors (Lipinski definition) is 1. The van der Waals surface area contributed by atoms with Crippen molar-refractivity contribution < 1.29 is 4.79 Å². The lowest BCUT2D eigenvalue weighted by Crippen LogP contribution is -2.01. The van der Waals surface area contributed by atoms with Crippen LogP contribution in [0.5, 0.6) is 0 Å². The molecule has 110 valence electrons. The molecule has 3 rings (SSSR count). The summed E-state index contributed by atoms with van der Waals surface area (Å²) < 4.78 is 0. The molecule has 0 unspecified atom stereocenters. The van der Waals surface area contributed by atoms with Crippen molar-refractivity contribution in [1.82, 2.24) is 15.2 Å². The van der Waals surface area contributed by atoms with Crippen molar-refractivity contribution in [2.24, 2.45) is 0 Å². The van der Waals surface area contributed by atoms with Crippen molar-refractivity contribution in [3.63, 3.8) is 0 Å². The fraction of sp³-hybridized carbons (Fsp3) is 0.167. The Balaban J connectivity index is 2.23. The summed E-state index contributed by atoms with van der Waals surface area (Å²) in [5, 5.41) is 7.47. The van der Waals surface area contributed by atoms with Gasteiger partial charge in [-0.2, -0.15) is 5.10 Å². The summed E-state index contributed by atoms with van der Waals surface area (Å²) in [4.78, 5) is 16.3. The van der Waals surface area contributed by atoms with Gasteiger partial charge in [0.05, 0.1) is 0 Å². The van der Waals surface area contributed by atoms with Crippen LogP contribution in [-0.4, -0.2) is 21.0 Å². The lowest BCUT2D eigenvalue weighted by Gasteiger charge is -2.09. The zero-order valence-electron chi connectivity index (χ0n) is 12.6. The first-order valence-electron chi connectivity index (χ1n) is 7.30. The molecule has 0 saturated carbocycles. The number of aromatic nitrogens is 3. The molecular formula is C18H17N3O. The van der Waals surface area contributed by atoms with Crippen LogP contribution in [0.25, 0.3) is 22.4 Å². The summed E-state index contributed by atoms with van der Waals surface area (Å²) in [6, 6.07) is 11.8. The molecular weight excluding hydrogens is 274 g/mol. The Hall–Kier alpha value is -2.75. The summed E-state index contributed by atoms with van der Waals surface area (Å²) in [5.41, 5.74) is 5.31. The Morgan fingerprint density at radius 1 is 1.18 bits per heavy atom. The van der Waals surface area contributed by atoms with Gasteiger partial charge in [-0.3, -0.25) is 14.9 Å². The normalized spacial score (nSPS) is 10.6. The van der Waals surface area contributed by atoms with Gasteiger partial charge < -0.3 is 0 Å². The molecule has 0 fully saturated rings. The lowest BCUT2D eigenvalue weighted by atomic mass is 9.94. The molecule has 2 aromatic heterocycles. The first kappa shape index (κ1) is 14.2. The van der Waals surface area contributed by atoms with E-state index in [2.05, 4.69) is 15.2 Å². The van der Waals surface area contributed by atoms with Gasteiger partial charge in [0.2, 0.25) is 0 Å². The summed E-state index contributed by atoms with van der Waals surface area (Å²) in [5.74, 6) is 0.0858. The molecule has 0 aliphatic carbocycles. The minimum atomic E-state index is 0.0858. The number of hydrogen-bond acceptors (Lipinski definition) is 3. The number of rotatable bonds is 4. The molecule has 0 aliphatic rings. The molecule has 0 spiro atoms. The first-order valence-corrected chi connectivity index (χ1v) is 7.30. The number of aromatic amines is 1. The second-order valence-corrected chi connectivity index (χ2v) is 5.14. The third-order valence-corrected chi connectivity index (χ3v) is 3.71. The van der Waals surface area contributed by atoms with Crippen molar-refractivity contribution >= 4 is 5.78 Å². The van der Waals surface area contributed by atoms with E-state index in [-0.39, 0.29) is 5.78 Å². The average Bonchev–Trinajstić information content (AvgIpc) is 2.96. The Bertz CT molecular complexity index is 806. The van der Waals surface area contributed by atoms with Gasteiger partial charge >= 0.3 is 0 Å². The van der Waals surface area contributed by atoms with Gasteiger partial charge in [-0.1, -0.05) is 37.3 Å². The molecule has 4 nitrogen and oxygen atoms in total. The van der Waals surface area contributed by atoms with E-state index in [9.17, 15) is 4.79 Å². The second-order valence-electron chi connectivity index (χ2n) is 5.14. The van der Waals surface area contributed by atoms with Gasteiger partial charge in [0.25, 0.3) is 0 Å². The minimum absolute atomic E-state index is 0.0858. The Morgan fingerprint density at radius 3 is 2.68 bits per heavy atom. The van der Waals surface area contributed by atoms with E-state index in [0.29, 0.717) is 12.0 Å². The molecule has 0 aliphatic heterocycles. The number of H-pyrrole nitrogens is 1. The smallest absolute Gasteiger partial charge is 0.164 e. The molecule has 22 heavy (non-hydrogen) atoms. The maximum absolute atomic E-state index is 12.2. The topological polar surface area (TPSA) is 58.6 Å². The zero-order valence-corrected chi connectivity index (χ0v) is 12.6. The predicted molar refractivity (Wildman–Crippen MR) is 86.6 cm³/mol. The number of ketones is 1. The van der Waals surface area contributed by atoms with Crippen LogP contribution >= 0.6 is 0 Å². The van der Waals surface area contributed by atoms with Gasteiger partial charge in [0.1, 0.15) is 5.69 Å². The monoisotopic (exact) mass is 291 g/mol. The fourth-order valence-corrected chi connectivity index (χ4v) is 2.59. The van der Waals surface area contributed by atoms with Crippen molar-refractivity contribution in [3.05, 3.63) is 60.0 Å². The van der Waals surface area contributed by atoms with E-state index < -0.39 is 0 Å². The van der Waals surface area contributed by atoms with Crippen molar-refractivity contribution in [2.45, 2.75) is 20.3 Å². The highest BCUT2D eigenvalue weighted by atomic mass is 16.1. The Labute approximate surface area is 129 Å². The van der Waals surface area contributed by atoms with Crippen LogP contribution in [0.1, 0.15) is 29.4 Å². The third kappa shape index (κ3) is 2.44. The number of benzene rings is 1. The number of Topliss-reactive ketones (excluding diaryl/α,β-unsaturated/α-hetero) is 1. The lowest BCUT2D eigenvalue weighted by molar-refractivity contribution is 0.0988. The minimum Gasteiger partial charge on any atom is -0.294 e. The number of nitrogens with zero attached hydrogens (tertiary/aromatic N) is 2. The highest BCUT2D eigenvalue weighted by Crippen LogP contribution is 2.34. The van der Waals surface area contributed by atoms with Crippen LogP contribution in [0.2, 0.25) is 0 Å². The van der Waals surface area contributed by atoms with Crippen molar-refractivity contribution in [1.29, 1.82) is 0 Å². The highest BCUT2D eigenvalue weighted by molar-refractivity contribution is 6.03. The van der Waals surface area contributed by atoms with Gasteiger partial charge in [-0.15, -0.1) is 0 Å². The van der Waals surface area contributed by atoms with Gasteiger partial charge in [0, 0.05) is 41.2 Å². The quantitative estimate of drug-likeness (QED) is 0.738. The summed E-state index contributed by atoms with van der Waals surface area (Å²) >= 11 is 0. The van der Waals surface area contributed by atoms with Crippen molar-refractivity contribution in [2.75, 3.05) is 0 Å². The van der Waals surface area contributed by atoms with E-state index >= 15 is 0 Å². The largest absolute Gasteiger partial charge is 0.294 e. The number of aryl methyl sites for hydroxylation is 1. The van der Waals surface area contributed by atoms with Crippen LogP contribution in [0.4, 0.5) is 0 Å². The Kier molecular flexibility index (Phi) is 3.83. The van der Waals surface area contributed by atoms with E-state index in [0.717, 1.165) is 28.1 Å². The molecule has 2 heterocycles. The molecule has 1 N–H and O–H groups in total. The second kappa shape index (κ2) is 5.93. The fourth-order valence-electron chi connectivity index (χ4n) is 2.59. The van der Waals surface area contributed by atoms with Crippen LogP contribution in [0, 0.1) is 6.92 Å². The van der Waals surface area contributed by atoms with Crippen LogP contribution in [0.15, 0.2) is 48.8 Å². The molecule has 3 aromatic rings. The summed E-state index contributed by atoms with van der Waals surface area (Å²) in [7, 11) is 0. The molecule has 4 heteroatoms. The molecule has 0 amide bonds. The summed E-state index contributed by atoms with van der Waals surface area (Å²) in [6.07, 6.45) is 3.81. The molecule has 0 saturated heterocycles. The van der Waals surface area contributed by atoms with Crippen LogP contribution < -0.4 is 0 Å². The van der Waals surface area contributed by atoms with E-state index in [4.69, 9.17) is 0 Å². The van der Waals surface area contributed by atoms with Gasteiger partial charge in [-0.05, 0) is 18.6 Å². The van der Waals surface area contributed by atoms with E-state index in [1.54, 1.807) is 12.4 Å². The third-order valence-electron chi connectivity index (χ3n) is 3.71. The standard InChI is InChI=1S/C18H17N3O/c1-3-16(22)15-11-19-10-9-14(15)17-12(2)20-21-18(17)13-7-5-4-6-8-13/h4-11H,3H2,1-2H3,(H,20,21). The first-order chi connectivity index (χ1) is 10.7. The Morgan fingerprint density at radius 2 is 1.95 bits per heavy atom. The molecule has 0 radical (unpaired) electrons. The number of nitrogens with one attached hydrogen (secondary N) is 1. The van der Waals surface area contributed by atoms with E-state index in [1.165, 1.54) is 0 Å². The SMILES string of the molecule is CCC(=O)c1cnccc1-c1c(-c2ccccc2)n[nH]c1C. The van der Waals surface area contributed by atoms with Crippen LogP contribution in [-0.2, 0) is 0 Å². The number of carbonyl (C=O) groups excluding carboxylic acids is 1. The van der Waals surface area contributed by atoms with Crippen LogP contribution in [0.3, 0.4) is 0 Å². The summed E-state index contributed by atoms with van der Waals surface area (Å²) in [6.45, 7) is 3.83. The zero-order chi connectivity index (χ0) is 15.5. The molecule has 0 bridgehead atoms. The van der Waals surface area contributed by atoms with E-state index in [1.807, 2.05) is 50.2 Å². The highest BCUT2D eigenvalue weighted by Gasteiger charge is 2.19. The maximum Gasteiger partial charge on any atom is 0.164 e. The van der Waals surface area contributed by atoms with Crippen molar-refractivity contribution in [3.8, 4) is 22.4 Å².